The molecule has 7 nitrogen and oxygen atoms in total. The van der Waals surface area contributed by atoms with Crippen LogP contribution in [-0.4, -0.2) is 34.6 Å². The third kappa shape index (κ3) is 4.42. The van der Waals surface area contributed by atoms with Crippen molar-refractivity contribution in [3.8, 4) is 17.2 Å². The molecule has 0 spiro atoms. The van der Waals surface area contributed by atoms with E-state index in [2.05, 4.69) is 15.5 Å². The molecule has 0 unspecified atom stereocenters. The lowest BCUT2D eigenvalue weighted by Gasteiger charge is -2.08. The molecular weight excluding hydrogens is 439 g/mol. The molecule has 0 radical (unpaired) electrons. The van der Waals surface area contributed by atoms with Gasteiger partial charge in [0, 0.05) is 11.3 Å². The van der Waals surface area contributed by atoms with E-state index in [9.17, 15) is 4.79 Å². The first-order chi connectivity index (χ1) is 15.0. The Balaban J connectivity index is 1.56. The fraction of sp³-hybridized carbons (Fsp3) is 0.136. The van der Waals surface area contributed by atoms with E-state index in [4.69, 9.17) is 32.7 Å². The highest BCUT2D eigenvalue weighted by atomic mass is 35.5. The maximum atomic E-state index is 12.6. The standard InChI is InChI=1S/C22H18Cl2N4O3/c1-3-31-21-8-4-13(10-16(21)23)22(29)25-14-5-7-18-19(11-14)27-28(26-18)15-6-9-20(30-2)17(24)12-15/h4-12H,3H2,1-2H3,(H,25,29). The van der Waals surface area contributed by atoms with Crippen molar-refractivity contribution < 1.29 is 14.3 Å². The number of nitrogens with one attached hydrogen (secondary N) is 1. The van der Waals surface area contributed by atoms with Crippen LogP contribution in [-0.2, 0) is 0 Å². The number of nitrogens with zero attached hydrogens (tertiary/aromatic N) is 3. The Morgan fingerprint density at radius 2 is 1.71 bits per heavy atom. The van der Waals surface area contributed by atoms with Crippen LogP contribution in [0.1, 0.15) is 17.3 Å². The first-order valence-electron chi connectivity index (χ1n) is 9.43. The van der Waals surface area contributed by atoms with Crippen LogP contribution >= 0.6 is 23.2 Å². The average molecular weight is 457 g/mol. The minimum absolute atomic E-state index is 0.293. The molecular formula is C22H18Cl2N4O3. The van der Waals surface area contributed by atoms with Crippen molar-refractivity contribution in [1.29, 1.82) is 0 Å². The molecule has 1 aromatic heterocycles. The van der Waals surface area contributed by atoms with Gasteiger partial charge < -0.3 is 14.8 Å². The number of fused-ring (bicyclic) bond motifs is 1. The number of rotatable bonds is 6. The van der Waals surface area contributed by atoms with Crippen LogP contribution in [0.4, 0.5) is 5.69 Å². The predicted octanol–water partition coefficient (Wildman–Crippen LogP) is 5.39. The van der Waals surface area contributed by atoms with Crippen LogP contribution in [0.2, 0.25) is 10.0 Å². The summed E-state index contributed by atoms with van der Waals surface area (Å²) in [6, 6.07) is 15.5. The lowest BCUT2D eigenvalue weighted by atomic mass is 10.2. The Labute approximate surface area is 188 Å². The van der Waals surface area contributed by atoms with Crippen molar-refractivity contribution >= 4 is 45.8 Å². The second-order valence-electron chi connectivity index (χ2n) is 6.54. The molecule has 0 fully saturated rings. The first-order valence-corrected chi connectivity index (χ1v) is 10.2. The van der Waals surface area contributed by atoms with Crippen LogP contribution in [0.15, 0.2) is 54.6 Å². The summed E-state index contributed by atoms with van der Waals surface area (Å²) in [4.78, 5) is 14.1. The summed E-state index contributed by atoms with van der Waals surface area (Å²) in [5.41, 5.74) is 2.99. The highest BCUT2D eigenvalue weighted by molar-refractivity contribution is 6.32. The number of anilines is 1. The summed E-state index contributed by atoms with van der Waals surface area (Å²) >= 11 is 12.4. The molecule has 0 saturated carbocycles. The van der Waals surface area contributed by atoms with Gasteiger partial charge in [0.15, 0.2) is 0 Å². The van der Waals surface area contributed by atoms with Gasteiger partial charge in [0.2, 0.25) is 0 Å². The van der Waals surface area contributed by atoms with Gasteiger partial charge in [0.05, 0.1) is 29.4 Å². The van der Waals surface area contributed by atoms with Gasteiger partial charge in [-0.1, -0.05) is 23.2 Å². The molecule has 3 aromatic carbocycles. The smallest absolute Gasteiger partial charge is 0.255 e. The molecule has 0 bridgehead atoms. The van der Waals surface area contributed by atoms with Crippen molar-refractivity contribution in [2.45, 2.75) is 6.92 Å². The molecule has 0 aliphatic heterocycles. The molecule has 9 heteroatoms. The van der Waals surface area contributed by atoms with Crippen LogP contribution in [0, 0.1) is 0 Å². The molecule has 1 N–H and O–H groups in total. The number of hydrogen-bond acceptors (Lipinski definition) is 5. The highest BCUT2D eigenvalue weighted by Crippen LogP contribution is 2.28. The molecule has 4 aromatic rings. The Kier molecular flexibility index (Phi) is 5.97. The summed E-state index contributed by atoms with van der Waals surface area (Å²) in [7, 11) is 1.55. The van der Waals surface area contributed by atoms with Crippen molar-refractivity contribution in [1.82, 2.24) is 15.0 Å². The Bertz CT molecular complexity index is 1270. The lowest BCUT2D eigenvalue weighted by molar-refractivity contribution is 0.102. The number of carbonyl (C=O) groups is 1. The predicted molar refractivity (Wildman–Crippen MR) is 121 cm³/mol. The molecule has 31 heavy (non-hydrogen) atoms. The summed E-state index contributed by atoms with van der Waals surface area (Å²) in [6.07, 6.45) is 0. The van der Waals surface area contributed by atoms with E-state index < -0.39 is 0 Å². The van der Waals surface area contributed by atoms with Crippen molar-refractivity contribution in [2.24, 2.45) is 0 Å². The molecule has 0 aliphatic rings. The van der Waals surface area contributed by atoms with E-state index in [0.29, 0.717) is 56.1 Å². The fourth-order valence-corrected chi connectivity index (χ4v) is 3.49. The van der Waals surface area contributed by atoms with Crippen molar-refractivity contribution in [3.63, 3.8) is 0 Å². The molecule has 1 heterocycles. The SMILES string of the molecule is CCOc1ccc(C(=O)Nc2ccc3nn(-c4ccc(OC)c(Cl)c4)nc3c2)cc1Cl. The van der Waals surface area contributed by atoms with Gasteiger partial charge in [-0.05, 0) is 61.5 Å². The van der Waals surface area contributed by atoms with Gasteiger partial charge in [0.1, 0.15) is 22.5 Å². The Hall–Kier alpha value is -3.29. The van der Waals surface area contributed by atoms with Gasteiger partial charge in [-0.15, -0.1) is 10.2 Å². The topological polar surface area (TPSA) is 78.3 Å². The van der Waals surface area contributed by atoms with Gasteiger partial charge in [-0.25, -0.2) is 0 Å². The number of ether oxygens (including phenoxy) is 2. The summed E-state index contributed by atoms with van der Waals surface area (Å²) in [5.74, 6) is 0.817. The maximum absolute atomic E-state index is 12.6. The van der Waals surface area contributed by atoms with E-state index in [0.717, 1.165) is 0 Å². The number of hydrogen-bond donors (Lipinski definition) is 1. The van der Waals surface area contributed by atoms with Gasteiger partial charge in [-0.2, -0.15) is 4.80 Å². The highest BCUT2D eigenvalue weighted by Gasteiger charge is 2.12. The average Bonchev–Trinajstić information content (AvgIpc) is 3.18. The molecule has 4 rings (SSSR count). The fourth-order valence-electron chi connectivity index (χ4n) is 3.01. The number of carbonyl (C=O) groups excluding carboxylic acids is 1. The largest absolute Gasteiger partial charge is 0.495 e. The van der Waals surface area contributed by atoms with Crippen LogP contribution in [0.25, 0.3) is 16.7 Å². The third-order valence-electron chi connectivity index (χ3n) is 4.50. The lowest BCUT2D eigenvalue weighted by Crippen LogP contribution is -2.11. The molecule has 1 amide bonds. The van der Waals surface area contributed by atoms with Gasteiger partial charge in [-0.3, -0.25) is 4.79 Å². The number of amides is 1. The summed E-state index contributed by atoms with van der Waals surface area (Å²) < 4.78 is 10.6. The Morgan fingerprint density at radius 3 is 2.42 bits per heavy atom. The zero-order valence-corrected chi connectivity index (χ0v) is 18.2. The normalized spacial score (nSPS) is 10.8. The zero-order valence-electron chi connectivity index (χ0n) is 16.7. The van der Waals surface area contributed by atoms with E-state index in [-0.39, 0.29) is 5.91 Å². The van der Waals surface area contributed by atoms with E-state index in [1.54, 1.807) is 55.6 Å². The molecule has 0 atom stereocenters. The van der Waals surface area contributed by atoms with Crippen LogP contribution in [0.5, 0.6) is 11.5 Å². The molecule has 158 valence electrons. The van der Waals surface area contributed by atoms with E-state index >= 15 is 0 Å². The monoisotopic (exact) mass is 456 g/mol. The third-order valence-corrected chi connectivity index (χ3v) is 5.09. The molecule has 0 aliphatic carbocycles. The second-order valence-corrected chi connectivity index (χ2v) is 7.36. The quantitative estimate of drug-likeness (QED) is 0.420. The molecule has 0 saturated heterocycles. The summed E-state index contributed by atoms with van der Waals surface area (Å²) in [6.45, 7) is 2.36. The summed E-state index contributed by atoms with van der Waals surface area (Å²) in [5, 5.41) is 12.6. The van der Waals surface area contributed by atoms with Crippen LogP contribution < -0.4 is 14.8 Å². The van der Waals surface area contributed by atoms with Crippen molar-refractivity contribution in [3.05, 3.63) is 70.2 Å². The zero-order chi connectivity index (χ0) is 22.0. The first kappa shape index (κ1) is 21.0. The van der Waals surface area contributed by atoms with E-state index in [1.165, 1.54) is 4.80 Å². The second kappa shape index (κ2) is 8.83. The minimum atomic E-state index is -0.293. The number of aromatic nitrogens is 3. The van der Waals surface area contributed by atoms with Crippen LogP contribution in [0.3, 0.4) is 0 Å². The number of methoxy groups -OCH3 is 1. The van der Waals surface area contributed by atoms with E-state index in [1.807, 2.05) is 13.0 Å². The maximum Gasteiger partial charge on any atom is 0.255 e. The minimum Gasteiger partial charge on any atom is -0.495 e. The number of halogens is 2. The Morgan fingerprint density at radius 1 is 0.968 bits per heavy atom. The number of benzene rings is 3. The van der Waals surface area contributed by atoms with Gasteiger partial charge >= 0.3 is 0 Å². The van der Waals surface area contributed by atoms with Gasteiger partial charge in [0.25, 0.3) is 5.91 Å². The van der Waals surface area contributed by atoms with Crippen molar-refractivity contribution in [2.75, 3.05) is 19.0 Å².